The predicted octanol–water partition coefficient (Wildman–Crippen LogP) is 5.86. The van der Waals surface area contributed by atoms with Crippen molar-refractivity contribution in [2.24, 2.45) is 0 Å². The van der Waals surface area contributed by atoms with Crippen LogP contribution in [0.4, 0.5) is 0 Å². The normalized spacial score (nSPS) is 12.4. The zero-order valence-electron chi connectivity index (χ0n) is 25.9. The van der Waals surface area contributed by atoms with Gasteiger partial charge in [-0.05, 0) is 42.4 Å². The molecule has 0 bridgehead atoms. The van der Waals surface area contributed by atoms with Crippen LogP contribution in [-0.2, 0) is 14.3 Å². The van der Waals surface area contributed by atoms with Gasteiger partial charge >= 0.3 is 0 Å². The summed E-state index contributed by atoms with van der Waals surface area (Å²) in [5, 5.41) is 0.362. The van der Waals surface area contributed by atoms with Crippen LogP contribution >= 0.6 is 0 Å². The molecule has 0 atom stereocenters. The SMILES string of the molecule is CCS(=O)(=O)c1ccc(-c2nc(-c3nc4cc(OC)cc(OC)c4c(=O)[nH]3)ccc2OCCO[Si](C)(C)C(C)(C)C)cc1. The number of ether oxygens (including phenoxy) is 3. The Morgan fingerprint density at radius 1 is 0.907 bits per heavy atom. The number of benzene rings is 2. The largest absolute Gasteiger partial charge is 0.497 e. The van der Waals surface area contributed by atoms with E-state index in [1.807, 2.05) is 0 Å². The molecule has 2 aromatic carbocycles. The van der Waals surface area contributed by atoms with Crippen LogP contribution in [0.1, 0.15) is 27.7 Å². The Hall–Kier alpha value is -3.74. The Morgan fingerprint density at radius 2 is 1.60 bits per heavy atom. The molecule has 0 amide bonds. The van der Waals surface area contributed by atoms with E-state index in [9.17, 15) is 13.2 Å². The Morgan fingerprint density at radius 3 is 2.21 bits per heavy atom. The minimum Gasteiger partial charge on any atom is -0.497 e. The highest BCUT2D eigenvalue weighted by molar-refractivity contribution is 7.91. The first kappa shape index (κ1) is 32.2. The van der Waals surface area contributed by atoms with Gasteiger partial charge in [0.2, 0.25) is 0 Å². The van der Waals surface area contributed by atoms with E-state index in [1.165, 1.54) is 14.2 Å². The number of H-pyrrole nitrogens is 1. The lowest BCUT2D eigenvalue weighted by Gasteiger charge is -2.36. The first-order valence-corrected chi connectivity index (χ1v) is 18.5. The fraction of sp³-hybridized carbons (Fsp3) is 0.387. The molecule has 0 spiro atoms. The summed E-state index contributed by atoms with van der Waals surface area (Å²) in [6.45, 7) is 13.2. The minimum atomic E-state index is -3.37. The number of nitrogens with one attached hydrogen (secondary N) is 1. The van der Waals surface area contributed by atoms with Crippen molar-refractivity contribution >= 4 is 29.1 Å². The van der Waals surface area contributed by atoms with Crippen LogP contribution in [0.3, 0.4) is 0 Å². The van der Waals surface area contributed by atoms with Crippen molar-refractivity contribution in [1.29, 1.82) is 0 Å². The zero-order chi connectivity index (χ0) is 31.6. The fourth-order valence-electron chi connectivity index (χ4n) is 4.16. The van der Waals surface area contributed by atoms with Crippen molar-refractivity contribution in [3.05, 3.63) is 58.9 Å². The monoisotopic (exact) mass is 625 g/mol. The van der Waals surface area contributed by atoms with Gasteiger partial charge in [0, 0.05) is 17.7 Å². The smallest absolute Gasteiger partial charge is 0.262 e. The third kappa shape index (κ3) is 6.92. The van der Waals surface area contributed by atoms with Gasteiger partial charge in [-0.3, -0.25) is 4.79 Å². The molecule has 230 valence electrons. The van der Waals surface area contributed by atoms with Gasteiger partial charge in [-0.25, -0.2) is 18.4 Å². The van der Waals surface area contributed by atoms with E-state index in [0.717, 1.165) is 0 Å². The second-order valence-electron chi connectivity index (χ2n) is 11.6. The molecular formula is C31H39N3O7SSi. The summed E-state index contributed by atoms with van der Waals surface area (Å²) in [6.07, 6.45) is 0. The first-order chi connectivity index (χ1) is 20.2. The predicted molar refractivity (Wildman–Crippen MR) is 171 cm³/mol. The summed E-state index contributed by atoms with van der Waals surface area (Å²) in [6, 6.07) is 13.3. The summed E-state index contributed by atoms with van der Waals surface area (Å²) in [4.78, 5) is 25.6. The summed E-state index contributed by atoms with van der Waals surface area (Å²) >= 11 is 0. The van der Waals surface area contributed by atoms with E-state index in [-0.39, 0.29) is 27.1 Å². The number of aromatic nitrogens is 3. The third-order valence-corrected chi connectivity index (χ3v) is 14.1. The van der Waals surface area contributed by atoms with E-state index < -0.39 is 18.2 Å². The number of pyridine rings is 1. The average Bonchev–Trinajstić information content (AvgIpc) is 2.98. The van der Waals surface area contributed by atoms with Crippen molar-refractivity contribution in [3.8, 4) is 40.0 Å². The first-order valence-electron chi connectivity index (χ1n) is 14.0. The zero-order valence-corrected chi connectivity index (χ0v) is 27.7. The third-order valence-electron chi connectivity index (χ3n) is 7.78. The maximum Gasteiger partial charge on any atom is 0.262 e. The molecule has 0 radical (unpaired) electrons. The van der Waals surface area contributed by atoms with E-state index in [4.69, 9.17) is 23.6 Å². The minimum absolute atomic E-state index is 0.000756. The Labute approximate surface area is 253 Å². The maximum atomic E-state index is 13.1. The van der Waals surface area contributed by atoms with Gasteiger partial charge in [0.1, 0.15) is 40.6 Å². The molecule has 0 aliphatic rings. The van der Waals surface area contributed by atoms with Crippen LogP contribution in [0.5, 0.6) is 17.2 Å². The molecule has 0 aliphatic heterocycles. The van der Waals surface area contributed by atoms with Crippen molar-refractivity contribution in [2.45, 2.75) is 50.7 Å². The Bertz CT molecular complexity index is 1780. The highest BCUT2D eigenvalue weighted by Crippen LogP contribution is 2.37. The lowest BCUT2D eigenvalue weighted by atomic mass is 10.1. The number of fused-ring (bicyclic) bond motifs is 1. The van der Waals surface area contributed by atoms with Gasteiger partial charge in [0.05, 0.1) is 37.0 Å². The van der Waals surface area contributed by atoms with Gasteiger partial charge in [0.25, 0.3) is 5.56 Å². The molecule has 0 aliphatic carbocycles. The van der Waals surface area contributed by atoms with E-state index in [1.54, 1.807) is 55.5 Å². The standard InChI is InChI=1S/C31H39N3O7SSi/c1-9-42(36,37)22-12-10-20(11-13-22)28-25(40-16-17-41-43(7,8)31(2,3)4)15-14-23(32-28)29-33-24-18-21(38-5)19-26(39-6)27(24)30(35)34-29/h10-15,18-19H,9,16-17H2,1-8H3,(H,33,34,35). The summed E-state index contributed by atoms with van der Waals surface area (Å²) in [7, 11) is -2.33. The average molecular weight is 626 g/mol. The van der Waals surface area contributed by atoms with Crippen molar-refractivity contribution in [2.75, 3.05) is 33.2 Å². The molecule has 0 fully saturated rings. The molecule has 43 heavy (non-hydrogen) atoms. The van der Waals surface area contributed by atoms with Gasteiger partial charge in [-0.1, -0.05) is 39.8 Å². The molecule has 4 aromatic rings. The number of rotatable bonds is 11. The lowest BCUT2D eigenvalue weighted by Crippen LogP contribution is -2.41. The highest BCUT2D eigenvalue weighted by Gasteiger charge is 2.37. The second-order valence-corrected chi connectivity index (χ2v) is 18.7. The topological polar surface area (TPSA) is 130 Å². The van der Waals surface area contributed by atoms with E-state index >= 15 is 0 Å². The molecule has 1 N–H and O–H groups in total. The molecule has 12 heteroatoms. The van der Waals surface area contributed by atoms with Gasteiger partial charge < -0.3 is 23.6 Å². The van der Waals surface area contributed by atoms with Crippen molar-refractivity contribution < 1.29 is 27.1 Å². The summed E-state index contributed by atoms with van der Waals surface area (Å²) in [5.41, 5.74) is 1.50. The van der Waals surface area contributed by atoms with Crippen LogP contribution in [0, 0.1) is 0 Å². The van der Waals surface area contributed by atoms with Gasteiger partial charge in [-0.2, -0.15) is 0 Å². The molecule has 10 nitrogen and oxygen atoms in total. The molecular weight excluding hydrogens is 587 g/mol. The van der Waals surface area contributed by atoms with Gasteiger partial charge in [0.15, 0.2) is 24.0 Å². The van der Waals surface area contributed by atoms with Crippen LogP contribution in [-0.4, -0.2) is 64.9 Å². The quantitative estimate of drug-likeness (QED) is 0.161. The fourth-order valence-corrected chi connectivity index (χ4v) is 6.08. The van der Waals surface area contributed by atoms with Crippen LogP contribution < -0.4 is 19.8 Å². The number of methoxy groups -OCH3 is 2. The number of hydrogen-bond donors (Lipinski definition) is 1. The molecule has 2 heterocycles. The number of sulfone groups is 1. The van der Waals surface area contributed by atoms with E-state index in [0.29, 0.717) is 58.3 Å². The Kier molecular flexibility index (Phi) is 9.33. The maximum absolute atomic E-state index is 13.1. The van der Waals surface area contributed by atoms with Crippen molar-refractivity contribution in [3.63, 3.8) is 0 Å². The number of aromatic amines is 1. The molecule has 0 saturated carbocycles. The van der Waals surface area contributed by atoms with Gasteiger partial charge in [-0.15, -0.1) is 0 Å². The van der Waals surface area contributed by atoms with Crippen molar-refractivity contribution in [1.82, 2.24) is 15.0 Å². The van der Waals surface area contributed by atoms with Crippen LogP contribution in [0.2, 0.25) is 18.1 Å². The number of hydrogen-bond acceptors (Lipinski definition) is 9. The number of nitrogens with zero attached hydrogens (tertiary/aromatic N) is 2. The van der Waals surface area contributed by atoms with Crippen LogP contribution in [0.25, 0.3) is 33.7 Å². The molecule has 4 rings (SSSR count). The highest BCUT2D eigenvalue weighted by atomic mass is 32.2. The molecule has 2 aromatic heterocycles. The Balaban J connectivity index is 1.76. The van der Waals surface area contributed by atoms with E-state index in [2.05, 4.69) is 43.8 Å². The summed E-state index contributed by atoms with van der Waals surface area (Å²) < 4.78 is 48.0. The second kappa shape index (κ2) is 12.5. The van der Waals surface area contributed by atoms with Crippen LogP contribution in [0.15, 0.2) is 58.2 Å². The molecule has 0 saturated heterocycles. The summed E-state index contributed by atoms with van der Waals surface area (Å²) in [5.74, 6) is 1.56. The molecule has 0 unspecified atom stereocenters. The lowest BCUT2D eigenvalue weighted by molar-refractivity contribution is 0.203.